The number of pyridine rings is 1. The maximum Gasteiger partial charge on any atom is 0.243 e. The van der Waals surface area contributed by atoms with Gasteiger partial charge in [0.05, 0.1) is 12.6 Å². The molecule has 174 valence electrons. The number of benzene rings is 1. The molecule has 32 heavy (non-hydrogen) atoms. The summed E-state index contributed by atoms with van der Waals surface area (Å²) in [6, 6.07) is 8.95. The van der Waals surface area contributed by atoms with Crippen LogP contribution >= 0.6 is 0 Å². The van der Waals surface area contributed by atoms with Gasteiger partial charge in [-0.25, -0.2) is 4.39 Å². The molecule has 8 heteroatoms. The lowest BCUT2D eigenvalue weighted by molar-refractivity contribution is -0.131. The highest BCUT2D eigenvalue weighted by atomic mass is 19.1. The average molecular weight is 445 g/mol. The van der Waals surface area contributed by atoms with E-state index in [4.69, 9.17) is 5.73 Å². The van der Waals surface area contributed by atoms with E-state index >= 15 is 0 Å². The van der Waals surface area contributed by atoms with Crippen LogP contribution in [0.3, 0.4) is 0 Å². The number of amides is 2. The molecule has 0 radical (unpaired) electrons. The van der Waals surface area contributed by atoms with Crippen molar-refractivity contribution >= 4 is 12.3 Å². The summed E-state index contributed by atoms with van der Waals surface area (Å²) < 4.78 is 13.8. The van der Waals surface area contributed by atoms with Crippen molar-refractivity contribution < 1.29 is 19.1 Å². The lowest BCUT2D eigenvalue weighted by Gasteiger charge is -2.23. The minimum Gasteiger partial charge on any atom is -0.394 e. The molecule has 1 aliphatic rings. The molecule has 0 spiro atoms. The normalized spacial score (nSPS) is 17.3. The summed E-state index contributed by atoms with van der Waals surface area (Å²) in [4.78, 5) is 28.9. The fourth-order valence-corrected chi connectivity index (χ4v) is 3.17. The van der Waals surface area contributed by atoms with Crippen molar-refractivity contribution in [3.63, 3.8) is 0 Å². The van der Waals surface area contributed by atoms with E-state index in [2.05, 4.69) is 24.1 Å². The number of nitrogens with one attached hydrogen (secondary N) is 1. The highest BCUT2D eigenvalue weighted by Crippen LogP contribution is 2.23. The van der Waals surface area contributed by atoms with Crippen LogP contribution < -0.4 is 11.1 Å². The van der Waals surface area contributed by atoms with Gasteiger partial charge < -0.3 is 21.1 Å². The number of hydrogen-bond donors (Lipinski definition) is 3. The second-order valence-corrected chi connectivity index (χ2v) is 8.30. The van der Waals surface area contributed by atoms with Crippen molar-refractivity contribution in [3.05, 3.63) is 54.0 Å². The Hall–Kier alpha value is -2.84. The van der Waals surface area contributed by atoms with Gasteiger partial charge in [-0.3, -0.25) is 14.6 Å². The first-order chi connectivity index (χ1) is 15.3. The Kier molecular flexibility index (Phi) is 9.74. The first-order valence-corrected chi connectivity index (χ1v) is 10.9. The predicted octanol–water partition coefficient (Wildman–Crippen LogP) is 2.65. The third kappa shape index (κ3) is 6.83. The van der Waals surface area contributed by atoms with Crippen molar-refractivity contribution in [2.45, 2.75) is 51.7 Å². The molecule has 1 aliphatic heterocycles. The first kappa shape index (κ1) is 25.4. The fraction of sp³-hybridized carbons (Fsp3) is 0.458. The van der Waals surface area contributed by atoms with Crippen LogP contribution in [0, 0.1) is 11.7 Å². The van der Waals surface area contributed by atoms with Gasteiger partial charge in [-0.2, -0.15) is 0 Å². The average Bonchev–Trinajstić information content (AvgIpc) is 3.27. The zero-order valence-electron chi connectivity index (χ0n) is 18.9. The number of hydrogen-bond acceptors (Lipinski definition) is 5. The Morgan fingerprint density at radius 2 is 1.97 bits per heavy atom. The van der Waals surface area contributed by atoms with Gasteiger partial charge >= 0.3 is 0 Å². The molecule has 4 N–H and O–H groups in total. The molecule has 0 bridgehead atoms. The van der Waals surface area contributed by atoms with Crippen LogP contribution in [0.2, 0.25) is 0 Å². The molecule has 0 aliphatic carbocycles. The lowest BCUT2D eigenvalue weighted by Crippen LogP contribution is -2.44. The third-order valence-corrected chi connectivity index (χ3v) is 5.63. The van der Waals surface area contributed by atoms with Crippen LogP contribution in [0.4, 0.5) is 4.39 Å². The Bertz CT molecular complexity index is 868. The highest BCUT2D eigenvalue weighted by molar-refractivity contribution is 5.84. The largest absolute Gasteiger partial charge is 0.394 e. The molecule has 2 aromatic rings. The monoisotopic (exact) mass is 444 g/mol. The quantitative estimate of drug-likeness (QED) is 0.569. The van der Waals surface area contributed by atoms with Crippen molar-refractivity contribution in [1.29, 1.82) is 0 Å². The van der Waals surface area contributed by atoms with Crippen molar-refractivity contribution in [3.8, 4) is 11.3 Å². The SMILES string of the molecule is CC(C)C(C)N.O=CN1CCCC1C(=O)NC(CO)c1ccc(-c2ncccc2F)cc1. The summed E-state index contributed by atoms with van der Waals surface area (Å²) in [6.07, 6.45) is 3.59. The van der Waals surface area contributed by atoms with Crippen LogP contribution in [0.25, 0.3) is 11.3 Å². The van der Waals surface area contributed by atoms with Gasteiger partial charge in [0.2, 0.25) is 12.3 Å². The minimum absolute atomic E-state index is 0.246. The molecule has 2 heterocycles. The van der Waals surface area contributed by atoms with Gasteiger partial charge in [0, 0.05) is 24.3 Å². The van der Waals surface area contributed by atoms with Crippen LogP contribution in [0.1, 0.15) is 45.2 Å². The molecule has 3 unspecified atom stereocenters. The second kappa shape index (κ2) is 12.3. The lowest BCUT2D eigenvalue weighted by atomic mass is 10.0. The van der Waals surface area contributed by atoms with Gasteiger partial charge in [0.15, 0.2) is 0 Å². The number of aliphatic hydroxyl groups is 1. The summed E-state index contributed by atoms with van der Waals surface area (Å²) in [5, 5.41) is 12.4. The predicted molar refractivity (Wildman–Crippen MR) is 122 cm³/mol. The van der Waals surface area contributed by atoms with Crippen LogP contribution in [-0.2, 0) is 9.59 Å². The van der Waals surface area contributed by atoms with E-state index in [1.807, 2.05) is 6.92 Å². The third-order valence-electron chi connectivity index (χ3n) is 5.63. The van der Waals surface area contributed by atoms with Gasteiger partial charge in [-0.05, 0) is 43.4 Å². The smallest absolute Gasteiger partial charge is 0.243 e. The Morgan fingerprint density at radius 1 is 1.31 bits per heavy atom. The summed E-state index contributed by atoms with van der Waals surface area (Å²) >= 11 is 0. The van der Waals surface area contributed by atoms with Crippen molar-refractivity contribution in [2.24, 2.45) is 11.7 Å². The molecule has 1 saturated heterocycles. The summed E-state index contributed by atoms with van der Waals surface area (Å²) in [6.45, 7) is 6.53. The topological polar surface area (TPSA) is 109 Å². The molecule has 0 saturated carbocycles. The van der Waals surface area contributed by atoms with E-state index in [1.54, 1.807) is 24.3 Å². The summed E-state index contributed by atoms with van der Waals surface area (Å²) in [7, 11) is 0. The number of rotatable bonds is 7. The van der Waals surface area contributed by atoms with Crippen LogP contribution in [0.15, 0.2) is 42.6 Å². The number of aliphatic hydroxyl groups excluding tert-OH is 1. The molecule has 3 rings (SSSR count). The number of likely N-dealkylation sites (tertiary alicyclic amines) is 1. The number of carbonyl (C=O) groups is 2. The van der Waals surface area contributed by atoms with E-state index in [1.165, 1.54) is 23.2 Å². The Balaban J connectivity index is 0.000000534. The number of nitrogens with zero attached hydrogens (tertiary/aromatic N) is 2. The van der Waals surface area contributed by atoms with Crippen molar-refractivity contribution in [2.75, 3.05) is 13.2 Å². The zero-order valence-corrected chi connectivity index (χ0v) is 18.9. The molecule has 1 fully saturated rings. The van der Waals surface area contributed by atoms with E-state index < -0.39 is 17.9 Å². The van der Waals surface area contributed by atoms with Crippen LogP contribution in [-0.4, -0.2) is 52.5 Å². The molecule has 1 aromatic heterocycles. The molecular weight excluding hydrogens is 411 g/mol. The Labute approximate surface area is 188 Å². The zero-order chi connectivity index (χ0) is 23.7. The van der Waals surface area contributed by atoms with Gasteiger partial charge in [0.25, 0.3) is 0 Å². The first-order valence-electron chi connectivity index (χ1n) is 10.9. The molecular formula is C24H33FN4O3. The maximum absolute atomic E-state index is 13.8. The van der Waals surface area contributed by atoms with E-state index in [9.17, 15) is 19.1 Å². The summed E-state index contributed by atoms with van der Waals surface area (Å²) in [5.74, 6) is -0.0686. The van der Waals surface area contributed by atoms with E-state index in [0.717, 1.165) is 6.42 Å². The van der Waals surface area contributed by atoms with Gasteiger partial charge in [0.1, 0.15) is 17.6 Å². The molecule has 7 nitrogen and oxygen atoms in total. The number of carbonyl (C=O) groups excluding carboxylic acids is 2. The fourth-order valence-electron chi connectivity index (χ4n) is 3.17. The minimum atomic E-state index is -0.598. The van der Waals surface area contributed by atoms with Crippen LogP contribution in [0.5, 0.6) is 0 Å². The van der Waals surface area contributed by atoms with Gasteiger partial charge in [-0.15, -0.1) is 0 Å². The standard InChI is InChI=1S/C19H20FN3O3.C5H13N/c20-15-3-1-9-21-18(15)14-7-5-13(6-8-14)16(11-24)22-19(26)17-4-2-10-23(17)12-25;1-4(2)5(3)6/h1,3,5-9,12,16-17,24H,2,4,10-11H2,(H,22,26);4-5H,6H2,1-3H3. The maximum atomic E-state index is 13.8. The van der Waals surface area contributed by atoms with Crippen molar-refractivity contribution in [1.82, 2.24) is 15.2 Å². The summed E-state index contributed by atoms with van der Waals surface area (Å²) in [5.41, 5.74) is 6.98. The second-order valence-electron chi connectivity index (χ2n) is 8.30. The van der Waals surface area contributed by atoms with E-state index in [-0.39, 0.29) is 18.2 Å². The number of aromatic nitrogens is 1. The number of nitrogens with two attached hydrogens (primary N) is 1. The number of halogens is 1. The van der Waals surface area contributed by atoms with E-state index in [0.29, 0.717) is 42.5 Å². The molecule has 1 aromatic carbocycles. The molecule has 2 amide bonds. The highest BCUT2D eigenvalue weighted by Gasteiger charge is 2.30. The molecule has 3 atom stereocenters. The Morgan fingerprint density at radius 3 is 2.50 bits per heavy atom. The van der Waals surface area contributed by atoms with Gasteiger partial charge in [-0.1, -0.05) is 38.1 Å².